The van der Waals surface area contributed by atoms with Gasteiger partial charge in [0, 0.05) is 13.2 Å². The number of nitrogen functional groups attached to an aromatic ring is 1. The predicted molar refractivity (Wildman–Crippen MR) is 71.8 cm³/mol. The molecule has 0 unspecified atom stereocenters. The lowest BCUT2D eigenvalue weighted by atomic mass is 10.3. The van der Waals surface area contributed by atoms with Gasteiger partial charge in [0.15, 0.2) is 11.6 Å². The van der Waals surface area contributed by atoms with Crippen LogP contribution >= 0.6 is 0 Å². The van der Waals surface area contributed by atoms with Gasteiger partial charge in [0.25, 0.3) is 0 Å². The number of ether oxygens (including phenoxy) is 2. The van der Waals surface area contributed by atoms with E-state index in [-0.39, 0.29) is 0 Å². The number of methoxy groups -OCH3 is 1. The first-order chi connectivity index (χ1) is 8.65. The predicted octanol–water partition coefficient (Wildman–Crippen LogP) is 1.68. The van der Waals surface area contributed by atoms with E-state index in [1.54, 1.807) is 7.11 Å². The fourth-order valence-corrected chi connectivity index (χ4v) is 1.47. The van der Waals surface area contributed by atoms with Gasteiger partial charge in [-0.05, 0) is 26.7 Å². The van der Waals surface area contributed by atoms with E-state index < -0.39 is 0 Å². The highest BCUT2D eigenvalue weighted by molar-refractivity contribution is 5.61. The van der Waals surface area contributed by atoms with E-state index in [9.17, 15) is 0 Å². The Morgan fingerprint density at radius 3 is 2.78 bits per heavy atom. The van der Waals surface area contributed by atoms with E-state index in [1.807, 2.05) is 13.8 Å². The lowest BCUT2D eigenvalue weighted by Crippen LogP contribution is -2.09. The van der Waals surface area contributed by atoms with E-state index in [2.05, 4.69) is 15.3 Å². The molecule has 1 heterocycles. The highest BCUT2D eigenvalue weighted by atomic mass is 16.5. The number of nitrogens with two attached hydrogens (primary N) is 1. The molecule has 0 aliphatic heterocycles. The third-order valence-corrected chi connectivity index (χ3v) is 2.35. The second kappa shape index (κ2) is 7.71. The Bertz CT molecular complexity index is 358. The lowest BCUT2D eigenvalue weighted by molar-refractivity contribution is 0.0765. The summed E-state index contributed by atoms with van der Waals surface area (Å²) in [5.41, 5.74) is 5.68. The van der Waals surface area contributed by atoms with Crippen LogP contribution < -0.4 is 15.8 Å². The van der Waals surface area contributed by atoms with E-state index in [4.69, 9.17) is 15.2 Å². The third kappa shape index (κ3) is 4.75. The molecule has 0 saturated heterocycles. The van der Waals surface area contributed by atoms with E-state index >= 15 is 0 Å². The SMILES string of the molecule is COc1c(N)ncnc1NCCCCOC(C)C. The van der Waals surface area contributed by atoms with Gasteiger partial charge in [-0.3, -0.25) is 0 Å². The molecule has 0 saturated carbocycles. The Labute approximate surface area is 108 Å². The summed E-state index contributed by atoms with van der Waals surface area (Å²) in [5, 5.41) is 3.18. The molecule has 0 radical (unpaired) electrons. The number of aromatic nitrogens is 2. The molecule has 0 aliphatic carbocycles. The quantitative estimate of drug-likeness (QED) is 0.687. The number of anilines is 2. The zero-order valence-corrected chi connectivity index (χ0v) is 11.3. The van der Waals surface area contributed by atoms with Crippen LogP contribution in [-0.4, -0.2) is 36.3 Å². The summed E-state index contributed by atoms with van der Waals surface area (Å²) in [5.74, 6) is 1.48. The Kier molecular flexibility index (Phi) is 6.21. The van der Waals surface area contributed by atoms with Crippen LogP contribution in [0.25, 0.3) is 0 Å². The van der Waals surface area contributed by atoms with Crippen LogP contribution in [0.15, 0.2) is 6.33 Å². The van der Waals surface area contributed by atoms with Crippen molar-refractivity contribution in [2.24, 2.45) is 0 Å². The van der Waals surface area contributed by atoms with Crippen molar-refractivity contribution >= 4 is 11.6 Å². The van der Waals surface area contributed by atoms with E-state index in [0.717, 1.165) is 26.0 Å². The van der Waals surface area contributed by atoms with Gasteiger partial charge in [-0.25, -0.2) is 9.97 Å². The molecule has 18 heavy (non-hydrogen) atoms. The fourth-order valence-electron chi connectivity index (χ4n) is 1.47. The summed E-state index contributed by atoms with van der Waals surface area (Å²) in [4.78, 5) is 7.97. The molecule has 0 spiro atoms. The molecule has 6 nitrogen and oxygen atoms in total. The maximum absolute atomic E-state index is 5.68. The third-order valence-electron chi connectivity index (χ3n) is 2.35. The highest BCUT2D eigenvalue weighted by Gasteiger charge is 2.08. The Hall–Kier alpha value is -1.56. The number of nitrogens with one attached hydrogen (secondary N) is 1. The van der Waals surface area contributed by atoms with Crippen LogP contribution in [0.5, 0.6) is 5.75 Å². The molecule has 0 atom stereocenters. The molecule has 1 aromatic rings. The van der Waals surface area contributed by atoms with Crippen molar-refractivity contribution in [2.75, 3.05) is 31.3 Å². The molecule has 0 amide bonds. The molecule has 102 valence electrons. The van der Waals surface area contributed by atoms with Gasteiger partial charge in [0.1, 0.15) is 6.33 Å². The van der Waals surface area contributed by atoms with Gasteiger partial charge in [-0.15, -0.1) is 0 Å². The van der Waals surface area contributed by atoms with Crippen molar-refractivity contribution in [1.29, 1.82) is 0 Å². The van der Waals surface area contributed by atoms with Gasteiger partial charge in [0.05, 0.1) is 13.2 Å². The van der Waals surface area contributed by atoms with Crippen LogP contribution in [0.1, 0.15) is 26.7 Å². The fraction of sp³-hybridized carbons (Fsp3) is 0.667. The summed E-state index contributed by atoms with van der Waals surface area (Å²) in [6.45, 7) is 5.65. The van der Waals surface area contributed by atoms with Gasteiger partial charge >= 0.3 is 0 Å². The van der Waals surface area contributed by atoms with Crippen molar-refractivity contribution in [3.8, 4) is 5.75 Å². The molecule has 0 bridgehead atoms. The summed E-state index contributed by atoms with van der Waals surface area (Å²) in [6.07, 6.45) is 3.72. The Morgan fingerprint density at radius 1 is 1.33 bits per heavy atom. The van der Waals surface area contributed by atoms with E-state index in [0.29, 0.717) is 23.5 Å². The molecular formula is C12H22N4O2. The summed E-state index contributed by atoms with van der Waals surface area (Å²) < 4.78 is 10.6. The average molecular weight is 254 g/mol. The van der Waals surface area contributed by atoms with Gasteiger partial charge in [-0.2, -0.15) is 0 Å². The number of rotatable bonds is 8. The van der Waals surface area contributed by atoms with Gasteiger partial charge in [0.2, 0.25) is 5.75 Å². The average Bonchev–Trinajstić information content (AvgIpc) is 2.33. The molecule has 1 aromatic heterocycles. The van der Waals surface area contributed by atoms with Crippen LogP contribution in [0.4, 0.5) is 11.6 Å². The maximum atomic E-state index is 5.68. The normalized spacial score (nSPS) is 10.7. The Morgan fingerprint density at radius 2 is 2.11 bits per heavy atom. The first-order valence-electron chi connectivity index (χ1n) is 6.15. The summed E-state index contributed by atoms with van der Waals surface area (Å²) in [6, 6.07) is 0. The lowest BCUT2D eigenvalue weighted by Gasteiger charge is -2.11. The second-order valence-corrected chi connectivity index (χ2v) is 4.19. The number of hydrogen-bond acceptors (Lipinski definition) is 6. The van der Waals surface area contributed by atoms with Crippen LogP contribution in [0.2, 0.25) is 0 Å². The summed E-state index contributed by atoms with van der Waals surface area (Å²) in [7, 11) is 1.55. The first kappa shape index (κ1) is 14.5. The molecule has 3 N–H and O–H groups in total. The monoisotopic (exact) mass is 254 g/mol. The number of unbranched alkanes of at least 4 members (excludes halogenated alkanes) is 1. The standard InChI is InChI=1S/C12H22N4O2/c1-9(2)18-7-5-4-6-14-12-10(17-3)11(13)15-8-16-12/h8-9H,4-7H2,1-3H3,(H3,13,14,15,16). The molecule has 0 fully saturated rings. The first-order valence-corrected chi connectivity index (χ1v) is 6.15. The minimum absolute atomic E-state index is 0.291. The van der Waals surface area contributed by atoms with Crippen molar-refractivity contribution < 1.29 is 9.47 Å². The van der Waals surface area contributed by atoms with Gasteiger partial charge in [-0.1, -0.05) is 0 Å². The van der Waals surface area contributed by atoms with Gasteiger partial charge < -0.3 is 20.5 Å². The van der Waals surface area contributed by atoms with Crippen molar-refractivity contribution in [3.63, 3.8) is 0 Å². The molecule has 0 aromatic carbocycles. The largest absolute Gasteiger partial charge is 0.490 e. The zero-order valence-electron chi connectivity index (χ0n) is 11.3. The zero-order chi connectivity index (χ0) is 13.4. The Balaban J connectivity index is 2.29. The van der Waals surface area contributed by atoms with Crippen LogP contribution in [0.3, 0.4) is 0 Å². The van der Waals surface area contributed by atoms with Crippen molar-refractivity contribution in [3.05, 3.63) is 6.33 Å². The topological polar surface area (TPSA) is 82.3 Å². The number of hydrogen-bond donors (Lipinski definition) is 2. The summed E-state index contributed by atoms with van der Waals surface area (Å²) >= 11 is 0. The molecule has 1 rings (SSSR count). The van der Waals surface area contributed by atoms with E-state index in [1.165, 1.54) is 6.33 Å². The molecular weight excluding hydrogens is 232 g/mol. The number of nitrogens with zero attached hydrogens (tertiary/aromatic N) is 2. The highest BCUT2D eigenvalue weighted by Crippen LogP contribution is 2.25. The molecule has 0 aliphatic rings. The van der Waals surface area contributed by atoms with Crippen LogP contribution in [0, 0.1) is 0 Å². The smallest absolute Gasteiger partial charge is 0.203 e. The van der Waals surface area contributed by atoms with Crippen molar-refractivity contribution in [2.45, 2.75) is 32.8 Å². The van der Waals surface area contributed by atoms with Crippen LogP contribution in [-0.2, 0) is 4.74 Å². The van der Waals surface area contributed by atoms with Crippen molar-refractivity contribution in [1.82, 2.24) is 9.97 Å². The maximum Gasteiger partial charge on any atom is 0.203 e. The second-order valence-electron chi connectivity index (χ2n) is 4.19. The minimum atomic E-state index is 0.291. The molecule has 6 heteroatoms. The minimum Gasteiger partial charge on any atom is -0.490 e.